The van der Waals surface area contributed by atoms with Gasteiger partial charge in [0.05, 0.1) is 18.1 Å². The Morgan fingerprint density at radius 2 is 2.00 bits per heavy atom. The van der Waals surface area contributed by atoms with Crippen LogP contribution in [0.3, 0.4) is 0 Å². The van der Waals surface area contributed by atoms with Gasteiger partial charge in [-0.25, -0.2) is 0 Å². The second-order valence-electron chi connectivity index (χ2n) is 9.06. The molecule has 0 aliphatic carbocycles. The summed E-state index contributed by atoms with van der Waals surface area (Å²) in [6.07, 6.45) is 3.91. The van der Waals surface area contributed by atoms with Crippen molar-refractivity contribution < 1.29 is 29.0 Å². The van der Waals surface area contributed by atoms with Crippen molar-refractivity contribution in [1.82, 2.24) is 10.2 Å². The fourth-order valence-electron chi connectivity index (χ4n) is 5.78. The topological polar surface area (TPSA) is 105 Å². The summed E-state index contributed by atoms with van der Waals surface area (Å²) >= 11 is 0. The van der Waals surface area contributed by atoms with Gasteiger partial charge >= 0.3 is 5.97 Å². The van der Waals surface area contributed by atoms with Crippen molar-refractivity contribution in [2.24, 2.45) is 11.8 Å². The van der Waals surface area contributed by atoms with Crippen molar-refractivity contribution in [2.75, 3.05) is 19.8 Å². The largest absolute Gasteiger partial charge is 0.466 e. The Hall–Kier alpha value is -1.67. The van der Waals surface area contributed by atoms with E-state index >= 15 is 0 Å². The Morgan fingerprint density at radius 1 is 1.27 bits per heavy atom. The van der Waals surface area contributed by atoms with Gasteiger partial charge in [-0.1, -0.05) is 6.92 Å². The van der Waals surface area contributed by atoms with Crippen LogP contribution < -0.4 is 5.32 Å². The Labute approximate surface area is 178 Å². The predicted molar refractivity (Wildman–Crippen MR) is 109 cm³/mol. The van der Waals surface area contributed by atoms with Crippen LogP contribution in [-0.2, 0) is 23.9 Å². The minimum Gasteiger partial charge on any atom is -0.466 e. The van der Waals surface area contributed by atoms with E-state index in [4.69, 9.17) is 14.6 Å². The lowest BCUT2D eigenvalue weighted by molar-refractivity contribution is -0.160. The van der Waals surface area contributed by atoms with E-state index < -0.39 is 35.0 Å². The highest BCUT2D eigenvalue weighted by molar-refractivity contribution is 5.98. The van der Waals surface area contributed by atoms with Crippen LogP contribution in [0.5, 0.6) is 0 Å². The molecule has 2 N–H and O–H groups in total. The van der Waals surface area contributed by atoms with Crippen LogP contribution in [0.15, 0.2) is 0 Å². The summed E-state index contributed by atoms with van der Waals surface area (Å²) < 4.78 is 11.9. The summed E-state index contributed by atoms with van der Waals surface area (Å²) in [5, 5.41) is 12.0. The first-order valence-corrected chi connectivity index (χ1v) is 11.4. The lowest BCUT2D eigenvalue weighted by atomic mass is 9.65. The van der Waals surface area contributed by atoms with Crippen LogP contribution in [0.1, 0.15) is 66.2 Å². The number of carbonyl (C=O) groups excluding carboxylic acids is 3. The quantitative estimate of drug-likeness (QED) is 0.406. The van der Waals surface area contributed by atoms with Crippen LogP contribution in [0, 0.1) is 11.8 Å². The fraction of sp³-hybridized carbons (Fsp3) is 0.864. The van der Waals surface area contributed by atoms with Crippen molar-refractivity contribution in [3.63, 3.8) is 0 Å². The van der Waals surface area contributed by atoms with Crippen LogP contribution in [0.2, 0.25) is 0 Å². The molecule has 8 nitrogen and oxygen atoms in total. The molecule has 3 saturated heterocycles. The van der Waals surface area contributed by atoms with Crippen molar-refractivity contribution in [1.29, 1.82) is 0 Å². The van der Waals surface area contributed by atoms with Crippen molar-refractivity contribution in [3.05, 3.63) is 0 Å². The van der Waals surface area contributed by atoms with Gasteiger partial charge in [-0.05, 0) is 59.3 Å². The number of amides is 2. The van der Waals surface area contributed by atoms with E-state index in [9.17, 15) is 14.4 Å². The summed E-state index contributed by atoms with van der Waals surface area (Å²) in [7, 11) is 0. The molecule has 2 bridgehead atoms. The standard InChI is InChI=1S/C22H36N2O6/c1-5-21-10-11-22(30-21)15(16(21)20(28)29-6-2)19(27)24(12-8-7-9-13-25)17(22)18(26)23-14(3)4/h14-17,25H,5-13H2,1-4H3,(H,23,26)/t15-,16-,17?,21+,22?/m0/s1. The Bertz CT molecular complexity index is 683. The number of hydrogen-bond acceptors (Lipinski definition) is 6. The molecule has 3 aliphatic heterocycles. The minimum atomic E-state index is -0.986. The molecule has 0 aromatic rings. The smallest absolute Gasteiger partial charge is 0.312 e. The van der Waals surface area contributed by atoms with Gasteiger partial charge in [-0.2, -0.15) is 0 Å². The van der Waals surface area contributed by atoms with Crippen molar-refractivity contribution >= 4 is 17.8 Å². The molecule has 1 spiro atoms. The molecule has 2 unspecified atom stereocenters. The van der Waals surface area contributed by atoms with Crippen LogP contribution in [-0.4, -0.2) is 70.8 Å². The summed E-state index contributed by atoms with van der Waals surface area (Å²) in [5.74, 6) is -2.17. The van der Waals surface area contributed by atoms with Gasteiger partial charge in [-0.15, -0.1) is 0 Å². The van der Waals surface area contributed by atoms with E-state index in [1.54, 1.807) is 11.8 Å². The SMILES string of the molecule is CCOC(=O)[C@@H]1[C@H]2C(=O)N(CCCCCO)C(C(=O)NC(C)C)C23CC[C@@]1(CC)O3. The average Bonchev–Trinajstić information content (AvgIpc) is 3.29. The van der Waals surface area contributed by atoms with Crippen LogP contribution >= 0.6 is 0 Å². The van der Waals surface area contributed by atoms with Gasteiger partial charge in [0.25, 0.3) is 0 Å². The third-order valence-corrected chi connectivity index (χ3v) is 6.96. The predicted octanol–water partition coefficient (Wildman–Crippen LogP) is 1.39. The molecule has 5 atom stereocenters. The molecular weight excluding hydrogens is 388 g/mol. The number of fused-ring (bicyclic) bond motifs is 1. The molecule has 0 aromatic heterocycles. The fourth-order valence-corrected chi connectivity index (χ4v) is 5.78. The lowest BCUT2D eigenvalue weighted by Crippen LogP contribution is -2.56. The normalized spacial score (nSPS) is 34.5. The van der Waals surface area contributed by atoms with Gasteiger partial charge in [-0.3, -0.25) is 14.4 Å². The number of carbonyl (C=O) groups is 3. The highest BCUT2D eigenvalue weighted by Crippen LogP contribution is 2.64. The molecule has 30 heavy (non-hydrogen) atoms. The van der Waals surface area contributed by atoms with Crippen molar-refractivity contribution in [2.45, 2.75) is 89.5 Å². The average molecular weight is 425 g/mol. The first-order chi connectivity index (χ1) is 14.3. The van der Waals surface area contributed by atoms with E-state index in [2.05, 4.69) is 5.32 Å². The number of nitrogens with one attached hydrogen (secondary N) is 1. The number of aliphatic hydroxyl groups excluding tert-OH is 1. The van der Waals surface area contributed by atoms with Gasteiger partial charge in [0, 0.05) is 19.2 Å². The van der Waals surface area contributed by atoms with Crippen LogP contribution in [0.4, 0.5) is 0 Å². The third-order valence-electron chi connectivity index (χ3n) is 6.96. The van der Waals surface area contributed by atoms with E-state index in [1.165, 1.54) is 0 Å². The molecule has 0 aromatic carbocycles. The minimum absolute atomic E-state index is 0.0705. The molecule has 3 rings (SSSR count). The number of nitrogens with zero attached hydrogens (tertiary/aromatic N) is 1. The number of unbranched alkanes of at least 4 members (excludes halogenated alkanes) is 2. The highest BCUT2D eigenvalue weighted by Gasteiger charge is 2.78. The van der Waals surface area contributed by atoms with Crippen LogP contribution in [0.25, 0.3) is 0 Å². The summed E-state index contributed by atoms with van der Waals surface area (Å²) in [6.45, 7) is 8.24. The number of esters is 1. The number of rotatable bonds is 10. The number of hydrogen-bond donors (Lipinski definition) is 2. The first-order valence-electron chi connectivity index (χ1n) is 11.4. The molecule has 3 fully saturated rings. The van der Waals surface area contributed by atoms with Gasteiger partial charge in [0.1, 0.15) is 17.6 Å². The molecule has 3 heterocycles. The first kappa shape index (κ1) is 23.0. The molecule has 3 aliphatic rings. The number of likely N-dealkylation sites (tertiary alicyclic amines) is 1. The molecule has 8 heteroatoms. The lowest BCUT2D eigenvalue weighted by Gasteiger charge is -2.34. The summed E-state index contributed by atoms with van der Waals surface area (Å²) in [6, 6.07) is -0.821. The molecule has 0 radical (unpaired) electrons. The Balaban J connectivity index is 1.98. The number of aliphatic hydroxyl groups is 1. The number of ether oxygens (including phenoxy) is 2. The van der Waals surface area contributed by atoms with Gasteiger partial charge < -0.3 is 24.8 Å². The highest BCUT2D eigenvalue weighted by atomic mass is 16.6. The van der Waals surface area contributed by atoms with Gasteiger partial charge in [0.15, 0.2) is 0 Å². The molecule has 0 saturated carbocycles. The van der Waals surface area contributed by atoms with E-state index in [0.717, 1.165) is 6.42 Å². The zero-order valence-corrected chi connectivity index (χ0v) is 18.6. The zero-order chi connectivity index (χ0) is 22.1. The second kappa shape index (κ2) is 8.83. The Kier molecular flexibility index (Phi) is 6.77. The van der Waals surface area contributed by atoms with Gasteiger partial charge in [0.2, 0.25) is 11.8 Å². The Morgan fingerprint density at radius 3 is 2.60 bits per heavy atom. The van der Waals surface area contributed by atoms with E-state index in [0.29, 0.717) is 38.6 Å². The maximum Gasteiger partial charge on any atom is 0.312 e. The summed E-state index contributed by atoms with van der Waals surface area (Å²) in [5.41, 5.74) is -1.73. The van der Waals surface area contributed by atoms with Crippen molar-refractivity contribution in [3.8, 4) is 0 Å². The maximum absolute atomic E-state index is 13.6. The third kappa shape index (κ3) is 3.51. The molecular formula is C22H36N2O6. The summed E-state index contributed by atoms with van der Waals surface area (Å²) in [4.78, 5) is 41.5. The van der Waals surface area contributed by atoms with E-state index in [-0.39, 0.29) is 31.1 Å². The monoisotopic (exact) mass is 424 g/mol. The molecule has 170 valence electrons. The second-order valence-corrected chi connectivity index (χ2v) is 9.06. The van der Waals surface area contributed by atoms with E-state index in [1.807, 2.05) is 20.8 Å². The molecule has 2 amide bonds. The zero-order valence-electron chi connectivity index (χ0n) is 18.6. The maximum atomic E-state index is 13.6.